The van der Waals surface area contributed by atoms with Crippen molar-refractivity contribution in [3.63, 3.8) is 0 Å². The molecule has 0 aliphatic carbocycles. The van der Waals surface area contributed by atoms with Gasteiger partial charge >= 0.3 is 0 Å². The van der Waals surface area contributed by atoms with Crippen LogP contribution in [0.3, 0.4) is 0 Å². The highest BCUT2D eigenvalue weighted by Crippen LogP contribution is 2.11. The normalized spacial score (nSPS) is 10.8. The Balaban J connectivity index is 1.84. The Bertz CT molecular complexity index is 757. The van der Waals surface area contributed by atoms with Crippen molar-refractivity contribution in [1.29, 1.82) is 5.26 Å². The molecule has 7 heteroatoms. The SMILES string of the molecule is COc1ccc(CCNC(=O)/C(C#N)=C\Nc2cc(C)on2)cc1. The summed E-state index contributed by atoms with van der Waals surface area (Å²) < 4.78 is 9.98. The maximum absolute atomic E-state index is 12.0. The van der Waals surface area contributed by atoms with E-state index in [1.165, 1.54) is 6.20 Å². The second kappa shape index (κ2) is 8.39. The summed E-state index contributed by atoms with van der Waals surface area (Å²) in [5, 5.41) is 18.3. The van der Waals surface area contributed by atoms with Crippen LogP contribution >= 0.6 is 0 Å². The first-order chi connectivity index (χ1) is 11.6. The molecule has 1 aromatic heterocycles. The van der Waals surface area contributed by atoms with E-state index >= 15 is 0 Å². The van der Waals surface area contributed by atoms with E-state index in [0.29, 0.717) is 24.5 Å². The molecule has 0 radical (unpaired) electrons. The average Bonchev–Trinajstić information content (AvgIpc) is 3.01. The molecule has 0 spiro atoms. The van der Waals surface area contributed by atoms with Gasteiger partial charge in [-0.25, -0.2) is 0 Å². The van der Waals surface area contributed by atoms with Crippen LogP contribution in [0.1, 0.15) is 11.3 Å². The summed E-state index contributed by atoms with van der Waals surface area (Å²) in [6, 6.07) is 11.1. The van der Waals surface area contributed by atoms with Crippen LogP contribution in [0.25, 0.3) is 0 Å². The van der Waals surface area contributed by atoms with Gasteiger partial charge in [-0.05, 0) is 31.0 Å². The molecule has 2 rings (SSSR count). The van der Waals surface area contributed by atoms with Crippen molar-refractivity contribution >= 4 is 11.7 Å². The fraction of sp³-hybridized carbons (Fsp3) is 0.235. The maximum atomic E-state index is 12.0. The molecular formula is C17H18N4O3. The molecule has 24 heavy (non-hydrogen) atoms. The number of anilines is 1. The highest BCUT2D eigenvalue weighted by molar-refractivity contribution is 5.97. The topological polar surface area (TPSA) is 100 Å². The third-order valence-electron chi connectivity index (χ3n) is 3.22. The van der Waals surface area contributed by atoms with Gasteiger partial charge in [0.25, 0.3) is 5.91 Å². The average molecular weight is 326 g/mol. The summed E-state index contributed by atoms with van der Waals surface area (Å²) in [6.07, 6.45) is 1.96. The van der Waals surface area contributed by atoms with E-state index in [4.69, 9.17) is 14.5 Å². The highest BCUT2D eigenvalue weighted by Gasteiger charge is 2.08. The number of carbonyl (C=O) groups excluding carboxylic acids is 1. The Kier molecular flexibility index (Phi) is 5.97. The van der Waals surface area contributed by atoms with Gasteiger partial charge in [0, 0.05) is 18.8 Å². The summed E-state index contributed by atoms with van der Waals surface area (Å²) in [6.45, 7) is 2.17. The van der Waals surface area contributed by atoms with Crippen molar-refractivity contribution in [1.82, 2.24) is 10.5 Å². The fourth-order valence-electron chi connectivity index (χ4n) is 1.94. The van der Waals surface area contributed by atoms with Crippen molar-refractivity contribution < 1.29 is 14.1 Å². The first-order valence-corrected chi connectivity index (χ1v) is 7.33. The molecule has 0 aliphatic heterocycles. The van der Waals surface area contributed by atoms with E-state index in [1.807, 2.05) is 30.3 Å². The number of amides is 1. The van der Waals surface area contributed by atoms with Crippen molar-refractivity contribution in [2.24, 2.45) is 0 Å². The molecule has 1 aromatic carbocycles. The van der Waals surface area contributed by atoms with Crippen LogP contribution in [0.4, 0.5) is 5.82 Å². The number of hydrogen-bond donors (Lipinski definition) is 2. The summed E-state index contributed by atoms with van der Waals surface area (Å²) >= 11 is 0. The van der Waals surface area contributed by atoms with E-state index in [9.17, 15) is 4.79 Å². The lowest BCUT2D eigenvalue weighted by Crippen LogP contribution is -2.27. The monoisotopic (exact) mass is 326 g/mol. The minimum Gasteiger partial charge on any atom is -0.497 e. The molecule has 2 aromatic rings. The number of methoxy groups -OCH3 is 1. The first kappa shape index (κ1) is 17.1. The Labute approximate surface area is 139 Å². The molecule has 0 unspecified atom stereocenters. The van der Waals surface area contributed by atoms with Gasteiger partial charge in [-0.1, -0.05) is 17.3 Å². The lowest BCUT2D eigenvalue weighted by atomic mass is 10.1. The van der Waals surface area contributed by atoms with Gasteiger partial charge < -0.3 is 19.9 Å². The number of nitrogens with one attached hydrogen (secondary N) is 2. The third kappa shape index (κ3) is 4.88. The summed E-state index contributed by atoms with van der Waals surface area (Å²) in [5.41, 5.74) is 1.03. The van der Waals surface area contributed by atoms with Crippen LogP contribution < -0.4 is 15.4 Å². The van der Waals surface area contributed by atoms with Crippen LogP contribution in [0.15, 0.2) is 46.6 Å². The molecule has 0 aliphatic rings. The molecule has 1 amide bonds. The van der Waals surface area contributed by atoms with E-state index in [-0.39, 0.29) is 5.57 Å². The zero-order valence-electron chi connectivity index (χ0n) is 13.5. The first-order valence-electron chi connectivity index (χ1n) is 7.33. The van der Waals surface area contributed by atoms with Crippen molar-refractivity contribution in [3.05, 3.63) is 53.4 Å². The van der Waals surface area contributed by atoms with Gasteiger partial charge in [0.1, 0.15) is 23.2 Å². The highest BCUT2D eigenvalue weighted by atomic mass is 16.5. The number of aryl methyl sites for hydroxylation is 1. The second-order valence-corrected chi connectivity index (χ2v) is 4.99. The molecule has 2 N–H and O–H groups in total. The molecule has 0 atom stereocenters. The third-order valence-corrected chi connectivity index (χ3v) is 3.22. The van der Waals surface area contributed by atoms with Crippen LogP contribution in [0, 0.1) is 18.3 Å². The smallest absolute Gasteiger partial charge is 0.263 e. The van der Waals surface area contributed by atoms with Gasteiger partial charge in [-0.3, -0.25) is 4.79 Å². The van der Waals surface area contributed by atoms with Crippen LogP contribution in [-0.4, -0.2) is 24.7 Å². The molecule has 0 saturated carbocycles. The van der Waals surface area contributed by atoms with E-state index in [1.54, 1.807) is 20.1 Å². The number of ether oxygens (including phenoxy) is 1. The molecule has 0 saturated heterocycles. The van der Waals surface area contributed by atoms with Crippen molar-refractivity contribution in [3.8, 4) is 11.8 Å². The second-order valence-electron chi connectivity index (χ2n) is 4.99. The number of nitriles is 1. The standard InChI is InChI=1S/C17H18N4O3/c1-12-9-16(21-24-12)20-11-14(10-18)17(22)19-8-7-13-3-5-15(23-2)6-4-13/h3-6,9,11H,7-8H2,1-2H3,(H,19,22)(H,20,21)/b14-11-. The Morgan fingerprint density at radius 3 is 2.75 bits per heavy atom. The van der Waals surface area contributed by atoms with E-state index in [0.717, 1.165) is 11.3 Å². The number of hydrogen-bond acceptors (Lipinski definition) is 6. The molecule has 0 bridgehead atoms. The summed E-state index contributed by atoms with van der Waals surface area (Å²) in [4.78, 5) is 12.0. The maximum Gasteiger partial charge on any atom is 0.263 e. The molecular weight excluding hydrogens is 308 g/mol. The lowest BCUT2D eigenvalue weighted by molar-refractivity contribution is -0.117. The molecule has 1 heterocycles. The predicted molar refractivity (Wildman–Crippen MR) is 88.3 cm³/mol. The number of carbonyl (C=O) groups is 1. The zero-order valence-corrected chi connectivity index (χ0v) is 13.5. The van der Waals surface area contributed by atoms with Crippen molar-refractivity contribution in [2.45, 2.75) is 13.3 Å². The Morgan fingerprint density at radius 2 is 2.17 bits per heavy atom. The zero-order chi connectivity index (χ0) is 17.4. The van der Waals surface area contributed by atoms with Crippen LogP contribution in [0.2, 0.25) is 0 Å². The van der Waals surface area contributed by atoms with E-state index < -0.39 is 5.91 Å². The minimum absolute atomic E-state index is 0.0367. The predicted octanol–water partition coefficient (Wildman–Crippen LogP) is 2.17. The lowest BCUT2D eigenvalue weighted by Gasteiger charge is -2.05. The number of benzene rings is 1. The van der Waals surface area contributed by atoms with E-state index in [2.05, 4.69) is 15.8 Å². The van der Waals surface area contributed by atoms with Crippen LogP contribution in [0.5, 0.6) is 5.75 Å². The largest absolute Gasteiger partial charge is 0.497 e. The molecule has 7 nitrogen and oxygen atoms in total. The Morgan fingerprint density at radius 1 is 1.42 bits per heavy atom. The van der Waals surface area contributed by atoms with Crippen molar-refractivity contribution in [2.75, 3.05) is 19.0 Å². The number of rotatable bonds is 7. The van der Waals surface area contributed by atoms with Gasteiger partial charge in [-0.15, -0.1) is 0 Å². The quantitative estimate of drug-likeness (QED) is 0.597. The number of nitrogens with zero attached hydrogens (tertiary/aromatic N) is 2. The molecule has 124 valence electrons. The number of aromatic nitrogens is 1. The van der Waals surface area contributed by atoms with Gasteiger partial charge in [0.05, 0.1) is 7.11 Å². The fourth-order valence-corrected chi connectivity index (χ4v) is 1.94. The summed E-state index contributed by atoms with van der Waals surface area (Å²) in [7, 11) is 1.61. The summed E-state index contributed by atoms with van der Waals surface area (Å²) in [5.74, 6) is 1.41. The minimum atomic E-state index is -0.446. The Hall–Kier alpha value is -3.27. The van der Waals surface area contributed by atoms with Gasteiger partial charge in [0.2, 0.25) is 0 Å². The van der Waals surface area contributed by atoms with Gasteiger partial charge in [-0.2, -0.15) is 5.26 Å². The van der Waals surface area contributed by atoms with Crippen LogP contribution in [-0.2, 0) is 11.2 Å². The molecule has 0 fully saturated rings. The van der Waals surface area contributed by atoms with Gasteiger partial charge in [0.15, 0.2) is 5.82 Å².